The minimum absolute atomic E-state index is 0.0781. The molecule has 5 rings (SSSR count). The molecule has 166 valence electrons. The van der Waals surface area contributed by atoms with Gasteiger partial charge in [0.15, 0.2) is 0 Å². The van der Waals surface area contributed by atoms with Gasteiger partial charge in [-0.05, 0) is 39.8 Å². The lowest BCUT2D eigenvalue weighted by Crippen LogP contribution is -2.36. The van der Waals surface area contributed by atoms with Crippen LogP contribution in [0.5, 0.6) is 0 Å². The molecule has 0 atom stereocenters. The van der Waals surface area contributed by atoms with Crippen LogP contribution in [0, 0.1) is 0 Å². The summed E-state index contributed by atoms with van der Waals surface area (Å²) < 4.78 is 7.68. The van der Waals surface area contributed by atoms with Crippen LogP contribution in [-0.2, 0) is 23.1 Å². The van der Waals surface area contributed by atoms with Crippen molar-refractivity contribution >= 4 is 23.0 Å². The fraction of sp³-hybridized carbons (Fsp3) is 0.185. The number of para-hydroxylation sites is 1. The Morgan fingerprint density at radius 2 is 1.55 bits per heavy atom. The third-order valence-corrected chi connectivity index (χ3v) is 6.32. The number of aromatic nitrogens is 1. The Hall–Kier alpha value is -4.06. The van der Waals surface area contributed by atoms with E-state index in [2.05, 4.69) is 24.3 Å². The molecule has 0 saturated carbocycles. The summed E-state index contributed by atoms with van der Waals surface area (Å²) in [6.45, 7) is -0.134. The number of carboxylic acids is 1. The number of benzene rings is 3. The Morgan fingerprint density at radius 3 is 2.18 bits per heavy atom. The summed E-state index contributed by atoms with van der Waals surface area (Å²) >= 11 is 0. The van der Waals surface area contributed by atoms with Gasteiger partial charge in [-0.3, -0.25) is 9.69 Å². The fourth-order valence-electron chi connectivity index (χ4n) is 4.73. The maximum atomic E-state index is 13.0. The molecule has 1 heterocycles. The van der Waals surface area contributed by atoms with Crippen LogP contribution < -0.4 is 0 Å². The lowest BCUT2D eigenvalue weighted by atomic mass is 9.98. The zero-order valence-electron chi connectivity index (χ0n) is 18.3. The molecule has 1 N–H and O–H groups in total. The van der Waals surface area contributed by atoms with Crippen molar-refractivity contribution in [2.75, 3.05) is 13.2 Å². The average Bonchev–Trinajstić information content (AvgIpc) is 3.31. The van der Waals surface area contributed by atoms with Gasteiger partial charge in [0.25, 0.3) is 0 Å². The highest BCUT2D eigenvalue weighted by Gasteiger charge is 2.30. The first-order chi connectivity index (χ1) is 16.0. The van der Waals surface area contributed by atoms with E-state index in [9.17, 15) is 14.7 Å². The monoisotopic (exact) mass is 440 g/mol. The molecule has 4 aromatic rings. The number of fused-ring (bicyclic) bond motifs is 4. The highest BCUT2D eigenvalue weighted by atomic mass is 16.6. The van der Waals surface area contributed by atoms with Gasteiger partial charge in [-0.15, -0.1) is 0 Å². The highest BCUT2D eigenvalue weighted by Crippen LogP contribution is 2.44. The second kappa shape index (κ2) is 8.47. The van der Waals surface area contributed by atoms with Crippen LogP contribution in [0.1, 0.15) is 22.7 Å². The maximum Gasteiger partial charge on any atom is 0.410 e. The predicted molar refractivity (Wildman–Crippen MR) is 126 cm³/mol. The third kappa shape index (κ3) is 3.84. The van der Waals surface area contributed by atoms with E-state index in [1.807, 2.05) is 66.2 Å². The molecule has 0 bridgehead atoms. The molecule has 0 spiro atoms. The number of amides is 1. The maximum absolute atomic E-state index is 13.0. The van der Waals surface area contributed by atoms with Crippen molar-refractivity contribution in [3.8, 4) is 11.1 Å². The topological polar surface area (TPSA) is 71.8 Å². The van der Waals surface area contributed by atoms with E-state index in [1.54, 1.807) is 0 Å². The lowest BCUT2D eigenvalue weighted by molar-refractivity contribution is -0.138. The zero-order chi connectivity index (χ0) is 22.9. The molecule has 6 heteroatoms. The van der Waals surface area contributed by atoms with Gasteiger partial charge in [-0.1, -0.05) is 66.7 Å². The van der Waals surface area contributed by atoms with Gasteiger partial charge in [0, 0.05) is 24.2 Å². The number of rotatable bonds is 6. The lowest BCUT2D eigenvalue weighted by Gasteiger charge is -2.22. The molecule has 6 nitrogen and oxygen atoms in total. The Kier molecular flexibility index (Phi) is 5.34. The zero-order valence-corrected chi connectivity index (χ0v) is 18.3. The van der Waals surface area contributed by atoms with Gasteiger partial charge < -0.3 is 14.4 Å². The van der Waals surface area contributed by atoms with Gasteiger partial charge in [0.1, 0.15) is 13.2 Å². The minimum Gasteiger partial charge on any atom is -0.480 e. The first kappa shape index (κ1) is 20.8. The van der Waals surface area contributed by atoms with Crippen LogP contribution in [0.4, 0.5) is 4.79 Å². The summed E-state index contributed by atoms with van der Waals surface area (Å²) in [5, 5.41) is 10.4. The second-order valence-corrected chi connectivity index (χ2v) is 8.31. The molecule has 0 saturated heterocycles. The van der Waals surface area contributed by atoms with Crippen LogP contribution >= 0.6 is 0 Å². The SMILES string of the molecule is Cn1c(CN(CC(=O)O)C(=O)OCC2c3ccccc3-c3ccccc32)cc2ccccc21. The molecule has 0 fully saturated rings. The third-order valence-electron chi connectivity index (χ3n) is 6.32. The molecule has 1 amide bonds. The Labute approximate surface area is 191 Å². The summed E-state index contributed by atoms with van der Waals surface area (Å²) in [6.07, 6.45) is -0.635. The van der Waals surface area contributed by atoms with Crippen molar-refractivity contribution < 1.29 is 19.4 Å². The molecule has 33 heavy (non-hydrogen) atoms. The molecule has 1 aliphatic carbocycles. The van der Waals surface area contributed by atoms with E-state index in [1.165, 1.54) is 4.90 Å². The van der Waals surface area contributed by atoms with Crippen LogP contribution in [0.25, 0.3) is 22.0 Å². The summed E-state index contributed by atoms with van der Waals surface area (Å²) in [5.74, 6) is -1.16. The largest absolute Gasteiger partial charge is 0.480 e. The molecule has 3 aromatic carbocycles. The second-order valence-electron chi connectivity index (χ2n) is 8.31. The Bertz CT molecular complexity index is 1310. The van der Waals surface area contributed by atoms with Gasteiger partial charge in [-0.25, -0.2) is 4.79 Å². The van der Waals surface area contributed by atoms with Crippen LogP contribution in [0.15, 0.2) is 78.9 Å². The normalized spacial score (nSPS) is 12.4. The number of aliphatic carboxylic acids is 1. The number of aryl methyl sites for hydroxylation is 1. The quantitative estimate of drug-likeness (QED) is 0.457. The van der Waals surface area contributed by atoms with Crippen LogP contribution in [0.3, 0.4) is 0 Å². The molecule has 0 radical (unpaired) electrons. The first-order valence-electron chi connectivity index (χ1n) is 10.9. The van der Waals surface area contributed by atoms with E-state index in [0.29, 0.717) is 0 Å². The summed E-state index contributed by atoms with van der Waals surface area (Å²) in [4.78, 5) is 25.8. The minimum atomic E-state index is -1.08. The van der Waals surface area contributed by atoms with E-state index in [0.717, 1.165) is 38.9 Å². The fourth-order valence-corrected chi connectivity index (χ4v) is 4.73. The van der Waals surface area contributed by atoms with Gasteiger partial charge >= 0.3 is 12.1 Å². The number of hydrogen-bond donors (Lipinski definition) is 1. The number of ether oxygens (including phenoxy) is 1. The molecular formula is C27H24N2O4. The number of carbonyl (C=O) groups is 2. The van der Waals surface area contributed by atoms with Crippen molar-refractivity contribution in [2.45, 2.75) is 12.5 Å². The Balaban J connectivity index is 1.36. The molecular weight excluding hydrogens is 416 g/mol. The number of carbonyl (C=O) groups excluding carboxylic acids is 1. The van der Waals surface area contributed by atoms with Crippen LogP contribution in [0.2, 0.25) is 0 Å². The molecule has 0 unspecified atom stereocenters. The van der Waals surface area contributed by atoms with Crippen molar-refractivity contribution in [3.63, 3.8) is 0 Å². The van der Waals surface area contributed by atoms with Crippen molar-refractivity contribution in [1.82, 2.24) is 9.47 Å². The summed E-state index contributed by atoms with van der Waals surface area (Å²) in [7, 11) is 1.91. The van der Waals surface area contributed by atoms with Gasteiger partial charge in [0.05, 0.1) is 6.54 Å². The molecule has 1 aromatic heterocycles. The van der Waals surface area contributed by atoms with Crippen molar-refractivity contribution in [3.05, 3.63) is 95.7 Å². The number of nitrogens with zero attached hydrogens (tertiary/aromatic N) is 2. The highest BCUT2D eigenvalue weighted by molar-refractivity contribution is 5.82. The Morgan fingerprint density at radius 1 is 0.939 bits per heavy atom. The van der Waals surface area contributed by atoms with Crippen molar-refractivity contribution in [1.29, 1.82) is 0 Å². The van der Waals surface area contributed by atoms with E-state index in [-0.39, 0.29) is 19.1 Å². The average molecular weight is 440 g/mol. The van der Waals surface area contributed by atoms with E-state index >= 15 is 0 Å². The number of carboxylic acid groups (broad SMARTS) is 1. The smallest absolute Gasteiger partial charge is 0.410 e. The number of hydrogen-bond acceptors (Lipinski definition) is 3. The first-order valence-corrected chi connectivity index (χ1v) is 10.9. The molecule has 1 aliphatic rings. The molecule has 0 aliphatic heterocycles. The van der Waals surface area contributed by atoms with Crippen LogP contribution in [-0.4, -0.2) is 39.8 Å². The van der Waals surface area contributed by atoms with Crippen molar-refractivity contribution in [2.24, 2.45) is 7.05 Å². The van der Waals surface area contributed by atoms with E-state index in [4.69, 9.17) is 4.74 Å². The van der Waals surface area contributed by atoms with Gasteiger partial charge in [-0.2, -0.15) is 0 Å². The van der Waals surface area contributed by atoms with E-state index < -0.39 is 18.6 Å². The van der Waals surface area contributed by atoms with Gasteiger partial charge in [0.2, 0.25) is 0 Å². The standard InChI is InChI=1S/C27H24N2O4/c1-28-19(14-18-8-2-7-13-25(18)28)15-29(16-26(30)31)27(32)33-17-24-22-11-5-3-9-20(22)21-10-4-6-12-23(21)24/h2-14,24H,15-17H2,1H3,(H,30,31). The summed E-state index contributed by atoms with van der Waals surface area (Å²) in [5.41, 5.74) is 6.38. The summed E-state index contributed by atoms with van der Waals surface area (Å²) in [6, 6.07) is 26.1. The predicted octanol–water partition coefficient (Wildman–Crippen LogP) is 5.01.